The Hall–Kier alpha value is -1.87. The average molecular weight is 235 g/mol. The monoisotopic (exact) mass is 235 g/mol. The molecule has 1 aliphatic carbocycles. The minimum absolute atomic E-state index is 0.00333. The molecule has 1 heterocycles. The van der Waals surface area contributed by atoms with Crippen molar-refractivity contribution in [2.45, 2.75) is 31.4 Å². The van der Waals surface area contributed by atoms with E-state index < -0.39 is 11.2 Å². The summed E-state index contributed by atoms with van der Waals surface area (Å²) in [5.41, 5.74) is -1.13. The second kappa shape index (κ2) is 4.55. The molecule has 0 aromatic carbocycles. The molecule has 1 aromatic rings. The van der Waals surface area contributed by atoms with E-state index in [2.05, 4.69) is 4.98 Å². The third kappa shape index (κ3) is 2.15. The number of aromatic amines is 1. The molecule has 1 fully saturated rings. The Morgan fingerprint density at radius 2 is 2.29 bits per heavy atom. The summed E-state index contributed by atoms with van der Waals surface area (Å²) in [6.07, 6.45) is 3.91. The number of methoxy groups -OCH3 is 1. The third-order valence-electron chi connectivity index (χ3n) is 3.17. The van der Waals surface area contributed by atoms with E-state index in [1.54, 1.807) is 13.2 Å². The van der Waals surface area contributed by atoms with E-state index in [4.69, 9.17) is 10.00 Å². The highest BCUT2D eigenvalue weighted by Crippen LogP contribution is 2.30. The van der Waals surface area contributed by atoms with Crippen LogP contribution in [0.4, 0.5) is 0 Å². The first-order valence-corrected chi connectivity index (χ1v) is 5.44. The minimum atomic E-state index is -0.630. The number of nitrogens with zero attached hydrogens (tertiary/aromatic N) is 2. The lowest BCUT2D eigenvalue weighted by Gasteiger charge is -2.13. The molecule has 0 amide bonds. The fraction of sp³-hybridized carbons (Fsp3) is 0.545. The Balaban J connectivity index is 2.37. The van der Waals surface area contributed by atoms with Gasteiger partial charge in [0.15, 0.2) is 0 Å². The Morgan fingerprint density at radius 1 is 1.53 bits per heavy atom. The van der Waals surface area contributed by atoms with Crippen LogP contribution < -0.4 is 11.2 Å². The molecule has 0 saturated heterocycles. The van der Waals surface area contributed by atoms with Crippen LogP contribution in [0.3, 0.4) is 0 Å². The molecule has 6 heteroatoms. The molecule has 1 N–H and O–H groups in total. The van der Waals surface area contributed by atoms with Gasteiger partial charge in [0.25, 0.3) is 5.56 Å². The van der Waals surface area contributed by atoms with Crippen molar-refractivity contribution in [1.29, 1.82) is 5.26 Å². The third-order valence-corrected chi connectivity index (χ3v) is 3.17. The summed E-state index contributed by atoms with van der Waals surface area (Å²) in [6.45, 7) is 0. The maximum Gasteiger partial charge on any atom is 0.328 e. The van der Waals surface area contributed by atoms with Crippen LogP contribution in [-0.2, 0) is 4.74 Å². The number of H-pyrrole nitrogens is 1. The highest BCUT2D eigenvalue weighted by molar-refractivity contribution is 5.22. The molecular weight excluding hydrogens is 222 g/mol. The molecule has 2 atom stereocenters. The molecule has 1 aliphatic rings. The summed E-state index contributed by atoms with van der Waals surface area (Å²) in [6, 6.07) is 1.77. The van der Waals surface area contributed by atoms with Gasteiger partial charge in [-0.15, -0.1) is 0 Å². The molecule has 6 nitrogen and oxygen atoms in total. The Labute approximate surface area is 97.5 Å². The molecule has 0 aliphatic heterocycles. The van der Waals surface area contributed by atoms with Gasteiger partial charge >= 0.3 is 5.69 Å². The van der Waals surface area contributed by atoms with E-state index in [1.807, 2.05) is 0 Å². The number of nitriles is 1. The number of ether oxygens (including phenoxy) is 1. The zero-order valence-electron chi connectivity index (χ0n) is 9.47. The number of hydrogen-bond donors (Lipinski definition) is 1. The quantitative estimate of drug-likeness (QED) is 0.790. The van der Waals surface area contributed by atoms with Crippen LogP contribution >= 0.6 is 0 Å². The van der Waals surface area contributed by atoms with Gasteiger partial charge in [-0.2, -0.15) is 5.26 Å². The van der Waals surface area contributed by atoms with Crippen LogP contribution in [-0.4, -0.2) is 22.8 Å². The second-order valence-electron chi connectivity index (χ2n) is 4.15. The van der Waals surface area contributed by atoms with Gasteiger partial charge in [-0.3, -0.25) is 14.3 Å². The van der Waals surface area contributed by atoms with Crippen LogP contribution in [0.15, 0.2) is 15.8 Å². The van der Waals surface area contributed by atoms with Crippen molar-refractivity contribution >= 4 is 0 Å². The zero-order valence-corrected chi connectivity index (χ0v) is 9.47. The largest absolute Gasteiger partial charge is 0.381 e. The summed E-state index contributed by atoms with van der Waals surface area (Å²) < 4.78 is 6.66. The van der Waals surface area contributed by atoms with Crippen molar-refractivity contribution in [2.24, 2.45) is 0 Å². The van der Waals surface area contributed by atoms with Crippen molar-refractivity contribution in [2.75, 3.05) is 7.11 Å². The summed E-state index contributed by atoms with van der Waals surface area (Å²) in [4.78, 5) is 25.0. The standard InChI is InChI=1S/C11H13N3O3/c1-17-9-3-2-8(4-9)14-6-7(5-12)10(15)13-11(14)16/h6,8-9H,2-4H2,1H3,(H,13,15,16). The van der Waals surface area contributed by atoms with Crippen molar-refractivity contribution < 1.29 is 4.74 Å². The normalized spacial score (nSPS) is 23.5. The van der Waals surface area contributed by atoms with Gasteiger partial charge < -0.3 is 4.74 Å². The average Bonchev–Trinajstić information content (AvgIpc) is 2.78. The maximum absolute atomic E-state index is 11.6. The van der Waals surface area contributed by atoms with Gasteiger partial charge in [-0.1, -0.05) is 0 Å². The number of hydrogen-bond acceptors (Lipinski definition) is 4. The highest BCUT2D eigenvalue weighted by atomic mass is 16.5. The molecule has 0 radical (unpaired) electrons. The van der Waals surface area contributed by atoms with E-state index in [-0.39, 0.29) is 17.7 Å². The molecule has 2 unspecified atom stereocenters. The topological polar surface area (TPSA) is 87.9 Å². The van der Waals surface area contributed by atoms with Gasteiger partial charge in [0.2, 0.25) is 0 Å². The first-order chi connectivity index (χ1) is 8.15. The molecule has 2 rings (SSSR count). The smallest absolute Gasteiger partial charge is 0.328 e. The van der Waals surface area contributed by atoms with Crippen LogP contribution in [0.5, 0.6) is 0 Å². The second-order valence-corrected chi connectivity index (χ2v) is 4.15. The lowest BCUT2D eigenvalue weighted by molar-refractivity contribution is 0.105. The minimum Gasteiger partial charge on any atom is -0.381 e. The molecule has 1 saturated carbocycles. The van der Waals surface area contributed by atoms with E-state index in [9.17, 15) is 9.59 Å². The number of aromatic nitrogens is 2. The van der Waals surface area contributed by atoms with Gasteiger partial charge in [0.05, 0.1) is 6.10 Å². The van der Waals surface area contributed by atoms with Crippen molar-refractivity contribution in [3.05, 3.63) is 32.6 Å². The summed E-state index contributed by atoms with van der Waals surface area (Å²) in [5, 5.41) is 8.76. The lowest BCUT2D eigenvalue weighted by atomic mass is 10.2. The van der Waals surface area contributed by atoms with Crippen LogP contribution in [0.25, 0.3) is 0 Å². The lowest BCUT2D eigenvalue weighted by Crippen LogP contribution is -2.33. The van der Waals surface area contributed by atoms with Crippen LogP contribution in [0.1, 0.15) is 30.9 Å². The summed E-state index contributed by atoms with van der Waals surface area (Å²) >= 11 is 0. The Bertz CT molecular complexity index is 567. The number of rotatable bonds is 2. The molecule has 90 valence electrons. The first kappa shape index (κ1) is 11.6. The van der Waals surface area contributed by atoms with E-state index in [0.29, 0.717) is 0 Å². The van der Waals surface area contributed by atoms with E-state index in [0.717, 1.165) is 19.3 Å². The van der Waals surface area contributed by atoms with E-state index >= 15 is 0 Å². The summed E-state index contributed by atoms with van der Waals surface area (Å²) in [7, 11) is 1.64. The van der Waals surface area contributed by atoms with Gasteiger partial charge in [-0.05, 0) is 19.3 Å². The molecule has 1 aromatic heterocycles. The Kier molecular flexibility index (Phi) is 3.11. The van der Waals surface area contributed by atoms with Gasteiger partial charge in [0, 0.05) is 19.3 Å². The van der Waals surface area contributed by atoms with Crippen molar-refractivity contribution in [3.63, 3.8) is 0 Å². The molecule has 0 spiro atoms. The fourth-order valence-corrected chi connectivity index (χ4v) is 2.22. The zero-order chi connectivity index (χ0) is 12.4. The maximum atomic E-state index is 11.6. The molecule has 17 heavy (non-hydrogen) atoms. The predicted octanol–water partition coefficient (Wildman–Crippen LogP) is 0.148. The van der Waals surface area contributed by atoms with Gasteiger partial charge in [0.1, 0.15) is 11.6 Å². The van der Waals surface area contributed by atoms with Crippen molar-refractivity contribution in [1.82, 2.24) is 9.55 Å². The SMILES string of the molecule is COC1CCC(n2cc(C#N)c(=O)[nH]c2=O)C1. The van der Waals surface area contributed by atoms with Crippen LogP contribution in [0, 0.1) is 11.3 Å². The highest BCUT2D eigenvalue weighted by Gasteiger charge is 2.26. The Morgan fingerprint density at radius 3 is 2.88 bits per heavy atom. The van der Waals surface area contributed by atoms with Crippen LogP contribution in [0.2, 0.25) is 0 Å². The van der Waals surface area contributed by atoms with Gasteiger partial charge in [-0.25, -0.2) is 4.79 Å². The first-order valence-electron chi connectivity index (χ1n) is 5.44. The number of nitrogens with one attached hydrogen (secondary N) is 1. The molecule has 0 bridgehead atoms. The van der Waals surface area contributed by atoms with E-state index in [1.165, 1.54) is 10.8 Å². The molecular formula is C11H13N3O3. The van der Waals surface area contributed by atoms with Crippen molar-refractivity contribution in [3.8, 4) is 6.07 Å². The fourth-order valence-electron chi connectivity index (χ4n) is 2.22. The summed E-state index contributed by atoms with van der Waals surface area (Å²) in [5.74, 6) is 0. The predicted molar refractivity (Wildman–Crippen MR) is 59.7 cm³/mol.